The molecule has 0 saturated carbocycles. The summed E-state index contributed by atoms with van der Waals surface area (Å²) in [5, 5.41) is 10.2. The largest absolute Gasteiger partial charge is 0.390 e. The molecule has 0 aliphatic carbocycles. The molecule has 1 fully saturated rings. The van der Waals surface area contributed by atoms with Crippen molar-refractivity contribution in [3.05, 3.63) is 35.9 Å². The van der Waals surface area contributed by atoms with Crippen molar-refractivity contribution >= 4 is 5.91 Å². The van der Waals surface area contributed by atoms with Crippen LogP contribution in [0.15, 0.2) is 30.3 Å². The molecule has 1 aliphatic rings. The average molecular weight is 306 g/mol. The lowest BCUT2D eigenvalue weighted by molar-refractivity contribution is -0.133. The van der Waals surface area contributed by atoms with Gasteiger partial charge in [-0.15, -0.1) is 0 Å². The van der Waals surface area contributed by atoms with Crippen LogP contribution in [0.3, 0.4) is 0 Å². The van der Waals surface area contributed by atoms with Crippen molar-refractivity contribution in [2.45, 2.75) is 26.0 Å². The molecule has 1 amide bonds. The van der Waals surface area contributed by atoms with Crippen molar-refractivity contribution in [2.24, 2.45) is 0 Å². The van der Waals surface area contributed by atoms with Crippen molar-refractivity contribution in [1.82, 2.24) is 9.80 Å². The molecule has 1 saturated heterocycles. The highest BCUT2D eigenvalue weighted by Crippen LogP contribution is 2.10. The van der Waals surface area contributed by atoms with Gasteiger partial charge >= 0.3 is 0 Å². The molecule has 2 rings (SSSR count). The van der Waals surface area contributed by atoms with E-state index in [9.17, 15) is 9.90 Å². The molecule has 0 aromatic heterocycles. The number of benzene rings is 1. The van der Waals surface area contributed by atoms with E-state index < -0.39 is 6.10 Å². The Bertz CT molecular complexity index is 452. The molecule has 0 unspecified atom stereocenters. The van der Waals surface area contributed by atoms with Crippen molar-refractivity contribution in [2.75, 3.05) is 39.4 Å². The van der Waals surface area contributed by atoms with E-state index in [-0.39, 0.29) is 5.91 Å². The van der Waals surface area contributed by atoms with E-state index >= 15 is 0 Å². The van der Waals surface area contributed by atoms with E-state index in [1.165, 1.54) is 5.56 Å². The van der Waals surface area contributed by atoms with Crippen LogP contribution >= 0.6 is 0 Å². The summed E-state index contributed by atoms with van der Waals surface area (Å²) in [4.78, 5) is 16.1. The molecule has 1 heterocycles. The lowest BCUT2D eigenvalue weighted by Gasteiger charge is -2.22. The third-order valence-corrected chi connectivity index (χ3v) is 3.85. The monoisotopic (exact) mass is 306 g/mol. The third-order valence-electron chi connectivity index (χ3n) is 3.85. The van der Waals surface area contributed by atoms with Gasteiger partial charge in [0.25, 0.3) is 0 Å². The topological polar surface area (TPSA) is 53.0 Å². The number of rotatable bonds is 6. The van der Waals surface area contributed by atoms with E-state index in [1.807, 2.05) is 25.1 Å². The minimum absolute atomic E-state index is 0.0639. The van der Waals surface area contributed by atoms with Crippen LogP contribution in [0.25, 0.3) is 0 Å². The molecule has 5 heteroatoms. The number of nitrogens with zero attached hydrogens (tertiary/aromatic N) is 2. The zero-order valence-electron chi connectivity index (χ0n) is 13.3. The lowest BCUT2D eigenvalue weighted by atomic mass is 10.2. The Balaban J connectivity index is 1.85. The van der Waals surface area contributed by atoms with Gasteiger partial charge < -0.3 is 14.7 Å². The second-order valence-corrected chi connectivity index (χ2v) is 5.66. The summed E-state index contributed by atoms with van der Waals surface area (Å²) < 4.78 is 5.23. The molecule has 122 valence electrons. The van der Waals surface area contributed by atoms with E-state index in [0.717, 1.165) is 13.1 Å². The zero-order valence-corrected chi connectivity index (χ0v) is 13.3. The quantitative estimate of drug-likeness (QED) is 0.800. The minimum atomic E-state index is -0.498. The Morgan fingerprint density at radius 3 is 2.77 bits per heavy atom. The predicted octanol–water partition coefficient (Wildman–Crippen LogP) is 1.12. The molecular formula is C17H26N2O3. The number of hydrogen-bond acceptors (Lipinski definition) is 4. The first-order chi connectivity index (χ1) is 10.7. The van der Waals surface area contributed by atoms with E-state index in [0.29, 0.717) is 39.3 Å². The fourth-order valence-corrected chi connectivity index (χ4v) is 2.73. The van der Waals surface area contributed by atoms with Crippen molar-refractivity contribution < 1.29 is 14.6 Å². The molecule has 1 aromatic rings. The summed E-state index contributed by atoms with van der Waals surface area (Å²) in [5.41, 5.74) is 1.23. The lowest BCUT2D eigenvalue weighted by Crippen LogP contribution is -2.38. The number of aliphatic hydroxyl groups is 1. The first kappa shape index (κ1) is 16.9. The first-order valence-corrected chi connectivity index (χ1v) is 7.99. The molecule has 0 bridgehead atoms. The molecule has 1 aliphatic heterocycles. The predicted molar refractivity (Wildman–Crippen MR) is 85.4 cm³/mol. The average Bonchev–Trinajstić information content (AvgIpc) is 2.70. The van der Waals surface area contributed by atoms with Crippen molar-refractivity contribution in [1.29, 1.82) is 0 Å². The standard InChI is InChI=1S/C17H26N2O3/c1-2-22-11-8-17(21)19-10-9-18(13-16(20)14-19)12-15-6-4-3-5-7-15/h3-7,16,20H,2,8-14H2,1H3/t16-/m1/s1. The highest BCUT2D eigenvalue weighted by atomic mass is 16.5. The smallest absolute Gasteiger partial charge is 0.225 e. The fourth-order valence-electron chi connectivity index (χ4n) is 2.73. The summed E-state index contributed by atoms with van der Waals surface area (Å²) in [6, 6.07) is 10.2. The van der Waals surface area contributed by atoms with Gasteiger partial charge in [-0.25, -0.2) is 0 Å². The maximum absolute atomic E-state index is 12.2. The van der Waals surface area contributed by atoms with E-state index in [4.69, 9.17) is 4.74 Å². The van der Waals surface area contributed by atoms with Crippen LogP contribution in [0, 0.1) is 0 Å². The second kappa shape index (κ2) is 8.88. The normalized spacial score (nSPS) is 19.9. The molecule has 22 heavy (non-hydrogen) atoms. The highest BCUT2D eigenvalue weighted by Gasteiger charge is 2.24. The fraction of sp³-hybridized carbons (Fsp3) is 0.588. The van der Waals surface area contributed by atoms with Crippen LogP contribution in [-0.4, -0.2) is 66.3 Å². The Kier molecular flexibility index (Phi) is 6.83. The summed E-state index contributed by atoms with van der Waals surface area (Å²) in [5.74, 6) is 0.0639. The molecule has 1 N–H and O–H groups in total. The molecule has 1 aromatic carbocycles. The number of aliphatic hydroxyl groups excluding tert-OH is 1. The summed E-state index contributed by atoms with van der Waals surface area (Å²) >= 11 is 0. The highest BCUT2D eigenvalue weighted by molar-refractivity contribution is 5.76. The van der Waals surface area contributed by atoms with Gasteiger partial charge in [-0.3, -0.25) is 9.69 Å². The maximum atomic E-state index is 12.2. The van der Waals surface area contributed by atoms with Gasteiger partial charge in [0.05, 0.1) is 19.1 Å². The number of amides is 1. The molecule has 5 nitrogen and oxygen atoms in total. The van der Waals surface area contributed by atoms with Gasteiger partial charge in [-0.2, -0.15) is 0 Å². The van der Waals surface area contributed by atoms with Gasteiger partial charge in [0.15, 0.2) is 0 Å². The van der Waals surface area contributed by atoms with Gasteiger partial charge in [-0.05, 0) is 12.5 Å². The molecule has 0 radical (unpaired) electrons. The van der Waals surface area contributed by atoms with Crippen LogP contribution in [0.1, 0.15) is 18.9 Å². The SMILES string of the molecule is CCOCCC(=O)N1CCN(Cc2ccccc2)C[C@@H](O)C1. The van der Waals surface area contributed by atoms with E-state index in [1.54, 1.807) is 4.90 Å². The van der Waals surface area contributed by atoms with Crippen molar-refractivity contribution in [3.8, 4) is 0 Å². The Morgan fingerprint density at radius 2 is 2.05 bits per heavy atom. The zero-order chi connectivity index (χ0) is 15.8. The van der Waals surface area contributed by atoms with Gasteiger partial charge in [0.2, 0.25) is 5.91 Å². The molecular weight excluding hydrogens is 280 g/mol. The van der Waals surface area contributed by atoms with Gasteiger partial charge in [0.1, 0.15) is 0 Å². The number of carbonyl (C=O) groups excluding carboxylic acids is 1. The van der Waals surface area contributed by atoms with Crippen LogP contribution in [0.4, 0.5) is 0 Å². The second-order valence-electron chi connectivity index (χ2n) is 5.66. The Morgan fingerprint density at radius 1 is 1.27 bits per heavy atom. The number of ether oxygens (including phenoxy) is 1. The van der Waals surface area contributed by atoms with Crippen LogP contribution in [-0.2, 0) is 16.1 Å². The number of hydrogen-bond donors (Lipinski definition) is 1. The van der Waals surface area contributed by atoms with Gasteiger partial charge in [-0.1, -0.05) is 30.3 Å². The first-order valence-electron chi connectivity index (χ1n) is 7.99. The van der Waals surface area contributed by atoms with E-state index in [2.05, 4.69) is 17.0 Å². The number of carbonyl (C=O) groups is 1. The van der Waals surface area contributed by atoms with Gasteiger partial charge in [0, 0.05) is 39.3 Å². The summed E-state index contributed by atoms with van der Waals surface area (Å²) in [7, 11) is 0. The van der Waals surface area contributed by atoms with Crippen LogP contribution in [0.5, 0.6) is 0 Å². The van der Waals surface area contributed by atoms with Crippen molar-refractivity contribution in [3.63, 3.8) is 0 Å². The Hall–Kier alpha value is -1.43. The third kappa shape index (κ3) is 5.40. The Labute approximate surface area is 132 Å². The van der Waals surface area contributed by atoms with Crippen LogP contribution in [0.2, 0.25) is 0 Å². The molecule has 0 spiro atoms. The number of β-amino-alcohol motifs (C(OH)–C–C–N with tert-alkyl or cyclic N) is 1. The molecule has 1 atom stereocenters. The van der Waals surface area contributed by atoms with Crippen LogP contribution < -0.4 is 0 Å². The summed E-state index contributed by atoms with van der Waals surface area (Å²) in [6.45, 7) is 6.26. The maximum Gasteiger partial charge on any atom is 0.225 e. The summed E-state index contributed by atoms with van der Waals surface area (Å²) in [6.07, 6.45) is -0.110. The minimum Gasteiger partial charge on any atom is -0.390 e.